The zero-order valence-electron chi connectivity index (χ0n) is 21.0. The first-order valence-corrected chi connectivity index (χ1v) is 14.6. The summed E-state index contributed by atoms with van der Waals surface area (Å²) in [6.45, 7) is 9.65. The number of methoxy groups -OCH3 is 1. The van der Waals surface area contributed by atoms with Gasteiger partial charge in [0.15, 0.2) is 4.80 Å². The van der Waals surface area contributed by atoms with Crippen LogP contribution in [0.25, 0.3) is 10.2 Å². The molecule has 0 saturated heterocycles. The van der Waals surface area contributed by atoms with Crippen molar-refractivity contribution in [2.75, 3.05) is 26.8 Å². The summed E-state index contributed by atoms with van der Waals surface area (Å²) in [6, 6.07) is 9.35. The first kappa shape index (κ1) is 28.8. The van der Waals surface area contributed by atoms with Crippen molar-refractivity contribution >= 4 is 60.7 Å². The lowest BCUT2D eigenvalue weighted by molar-refractivity contribution is 0.0997. The van der Waals surface area contributed by atoms with Crippen LogP contribution in [0.2, 0.25) is 10.0 Å². The number of hydrogen-bond acceptors (Lipinski definition) is 5. The van der Waals surface area contributed by atoms with E-state index in [1.54, 1.807) is 19.2 Å². The maximum absolute atomic E-state index is 13.3. The molecule has 0 fully saturated rings. The highest BCUT2D eigenvalue weighted by Crippen LogP contribution is 2.30. The van der Waals surface area contributed by atoms with Crippen LogP contribution in [0.15, 0.2) is 46.3 Å². The Morgan fingerprint density at radius 1 is 1.08 bits per heavy atom. The van der Waals surface area contributed by atoms with Crippen LogP contribution >= 0.6 is 34.5 Å². The number of amides is 1. The van der Waals surface area contributed by atoms with Gasteiger partial charge in [0, 0.05) is 37.3 Å². The molecule has 3 rings (SSSR count). The molecule has 1 heterocycles. The Balaban J connectivity index is 1.97. The van der Waals surface area contributed by atoms with Gasteiger partial charge in [-0.25, -0.2) is 8.42 Å². The smallest absolute Gasteiger partial charge is 0.279 e. The van der Waals surface area contributed by atoms with Gasteiger partial charge in [0.1, 0.15) is 0 Å². The minimum absolute atomic E-state index is 0.152. The van der Waals surface area contributed by atoms with Gasteiger partial charge in [-0.3, -0.25) is 4.79 Å². The van der Waals surface area contributed by atoms with Gasteiger partial charge >= 0.3 is 0 Å². The Kier molecular flexibility index (Phi) is 9.76. The average molecular weight is 573 g/mol. The number of ether oxygens (including phenoxy) is 1. The Labute approximate surface area is 226 Å². The van der Waals surface area contributed by atoms with E-state index < -0.39 is 15.9 Å². The number of sulfonamides is 1. The minimum atomic E-state index is -3.69. The molecule has 1 amide bonds. The molecule has 196 valence electrons. The van der Waals surface area contributed by atoms with Crippen LogP contribution in [0.4, 0.5) is 0 Å². The second-order valence-corrected chi connectivity index (χ2v) is 13.1. The number of hydrogen-bond donors (Lipinski definition) is 0. The number of carbonyl (C=O) groups is 1. The maximum atomic E-state index is 13.3. The van der Waals surface area contributed by atoms with Gasteiger partial charge in [-0.1, -0.05) is 62.2 Å². The highest BCUT2D eigenvalue weighted by molar-refractivity contribution is 7.89. The summed E-state index contributed by atoms with van der Waals surface area (Å²) in [7, 11) is -2.10. The quantitative estimate of drug-likeness (QED) is 0.312. The van der Waals surface area contributed by atoms with Gasteiger partial charge in [0.25, 0.3) is 5.91 Å². The monoisotopic (exact) mass is 571 g/mol. The summed E-state index contributed by atoms with van der Waals surface area (Å²) >= 11 is 13.9. The van der Waals surface area contributed by atoms with E-state index in [0.29, 0.717) is 41.1 Å². The van der Waals surface area contributed by atoms with Crippen LogP contribution in [0, 0.1) is 11.8 Å². The molecule has 3 aromatic rings. The van der Waals surface area contributed by atoms with Crippen LogP contribution in [0.3, 0.4) is 0 Å². The van der Waals surface area contributed by atoms with Crippen LogP contribution in [-0.4, -0.2) is 50.0 Å². The van der Waals surface area contributed by atoms with Gasteiger partial charge in [0.05, 0.1) is 26.7 Å². The zero-order valence-corrected chi connectivity index (χ0v) is 24.1. The van der Waals surface area contributed by atoms with Crippen molar-refractivity contribution in [3.05, 3.63) is 56.8 Å². The fourth-order valence-electron chi connectivity index (χ4n) is 3.76. The maximum Gasteiger partial charge on any atom is 0.279 e. The predicted molar refractivity (Wildman–Crippen MR) is 146 cm³/mol. The Morgan fingerprint density at radius 3 is 2.25 bits per heavy atom. The van der Waals surface area contributed by atoms with Crippen molar-refractivity contribution in [1.29, 1.82) is 0 Å². The lowest BCUT2D eigenvalue weighted by Gasteiger charge is -2.25. The molecule has 0 aliphatic carbocycles. The molecule has 11 heteroatoms. The molecule has 0 spiro atoms. The number of halogens is 2. The number of rotatable bonds is 10. The summed E-state index contributed by atoms with van der Waals surface area (Å²) in [5.41, 5.74) is 1.01. The van der Waals surface area contributed by atoms with Crippen LogP contribution < -0.4 is 4.80 Å². The molecule has 0 unspecified atom stereocenters. The molecule has 2 aromatic carbocycles. The fraction of sp³-hybridized carbons (Fsp3) is 0.440. The van der Waals surface area contributed by atoms with Gasteiger partial charge in [-0.05, 0) is 48.2 Å². The van der Waals surface area contributed by atoms with E-state index in [0.717, 1.165) is 10.2 Å². The van der Waals surface area contributed by atoms with Gasteiger partial charge in [-0.15, -0.1) is 0 Å². The first-order chi connectivity index (χ1) is 16.9. The molecule has 0 bridgehead atoms. The SMILES string of the molecule is COCCn1c(=NC(=O)c2ccc(S(=O)(=O)N(CC(C)C)CC(C)C)cc2)sc2cc(Cl)cc(Cl)c21. The van der Waals surface area contributed by atoms with Gasteiger partial charge in [0.2, 0.25) is 10.0 Å². The molecular weight excluding hydrogens is 541 g/mol. The highest BCUT2D eigenvalue weighted by atomic mass is 35.5. The molecule has 0 aliphatic heterocycles. The standard InChI is InChI=1S/C25H31Cl2N3O4S2/c1-16(2)14-29(15-17(3)4)36(32,33)20-8-6-18(7-9-20)24(31)28-25-30(10-11-34-5)23-21(27)12-19(26)13-22(23)35-25/h6-9,12-13,16-17H,10-11,14-15H2,1-5H3. The summed E-state index contributed by atoms with van der Waals surface area (Å²) in [5.74, 6) is -0.111. The number of thiazole rings is 1. The highest BCUT2D eigenvalue weighted by Gasteiger charge is 2.26. The molecule has 7 nitrogen and oxygen atoms in total. The lowest BCUT2D eigenvalue weighted by atomic mass is 10.2. The minimum Gasteiger partial charge on any atom is -0.383 e. The molecular formula is C25H31Cl2N3O4S2. The number of nitrogens with zero attached hydrogens (tertiary/aromatic N) is 3. The number of benzene rings is 2. The molecule has 36 heavy (non-hydrogen) atoms. The van der Waals surface area contributed by atoms with E-state index in [2.05, 4.69) is 4.99 Å². The fourth-order valence-corrected chi connectivity index (χ4v) is 7.36. The van der Waals surface area contributed by atoms with Gasteiger partial charge < -0.3 is 9.30 Å². The second kappa shape index (κ2) is 12.2. The van der Waals surface area contributed by atoms with E-state index in [1.165, 1.54) is 39.9 Å². The van der Waals surface area contributed by atoms with E-state index in [-0.39, 0.29) is 22.3 Å². The number of aromatic nitrogens is 1. The Hall–Kier alpha value is -1.75. The Bertz CT molecular complexity index is 1390. The summed E-state index contributed by atoms with van der Waals surface area (Å²) in [5, 5.41) is 0.951. The van der Waals surface area contributed by atoms with Crippen molar-refractivity contribution in [1.82, 2.24) is 8.87 Å². The number of fused-ring (bicyclic) bond motifs is 1. The Morgan fingerprint density at radius 2 is 1.69 bits per heavy atom. The largest absolute Gasteiger partial charge is 0.383 e. The van der Waals surface area contributed by atoms with E-state index >= 15 is 0 Å². The third kappa shape index (κ3) is 6.76. The van der Waals surface area contributed by atoms with Crippen LogP contribution in [0.1, 0.15) is 38.1 Å². The lowest BCUT2D eigenvalue weighted by Crippen LogP contribution is -2.37. The molecule has 1 aromatic heterocycles. The molecule has 0 radical (unpaired) electrons. The number of carbonyl (C=O) groups excluding carboxylic acids is 1. The molecule has 0 atom stereocenters. The molecule has 0 N–H and O–H groups in total. The summed E-state index contributed by atoms with van der Waals surface area (Å²) < 4.78 is 35.9. The van der Waals surface area contributed by atoms with E-state index in [1.807, 2.05) is 32.3 Å². The van der Waals surface area contributed by atoms with Crippen molar-refractivity contribution in [2.24, 2.45) is 16.8 Å². The van der Waals surface area contributed by atoms with Crippen molar-refractivity contribution in [3.8, 4) is 0 Å². The van der Waals surface area contributed by atoms with Crippen molar-refractivity contribution in [3.63, 3.8) is 0 Å². The molecule has 0 saturated carbocycles. The van der Waals surface area contributed by atoms with E-state index in [4.69, 9.17) is 27.9 Å². The molecule has 0 aliphatic rings. The third-order valence-corrected chi connectivity index (χ3v) is 8.67. The first-order valence-electron chi connectivity index (χ1n) is 11.6. The topological polar surface area (TPSA) is 81.0 Å². The third-order valence-electron chi connectivity index (χ3n) is 5.29. The van der Waals surface area contributed by atoms with Crippen molar-refractivity contribution < 1.29 is 17.9 Å². The zero-order chi connectivity index (χ0) is 26.6. The van der Waals surface area contributed by atoms with E-state index in [9.17, 15) is 13.2 Å². The van der Waals surface area contributed by atoms with Crippen LogP contribution in [-0.2, 0) is 21.3 Å². The summed E-state index contributed by atoms with van der Waals surface area (Å²) in [6.07, 6.45) is 0. The normalized spacial score (nSPS) is 13.0. The predicted octanol–water partition coefficient (Wildman–Crippen LogP) is 5.70. The van der Waals surface area contributed by atoms with Crippen LogP contribution in [0.5, 0.6) is 0 Å². The second-order valence-electron chi connectivity index (χ2n) is 9.31. The average Bonchev–Trinajstić information content (AvgIpc) is 3.13. The van der Waals surface area contributed by atoms with Crippen molar-refractivity contribution in [2.45, 2.75) is 39.1 Å². The summed E-state index contributed by atoms with van der Waals surface area (Å²) in [4.78, 5) is 18.0. The van der Waals surface area contributed by atoms with Gasteiger partial charge in [-0.2, -0.15) is 9.30 Å².